The van der Waals surface area contributed by atoms with Crippen molar-refractivity contribution in [1.29, 1.82) is 0 Å². The number of hydrogen-bond acceptors (Lipinski definition) is 5. The Morgan fingerprint density at radius 2 is 1.69 bits per heavy atom. The molecule has 8 heteroatoms. The number of aromatic hydroxyl groups is 1. The third-order valence-corrected chi connectivity index (χ3v) is 8.17. The Morgan fingerprint density at radius 1 is 1.03 bits per heavy atom. The smallest absolute Gasteiger partial charge is 0.325 e. The van der Waals surface area contributed by atoms with Crippen LogP contribution in [0.1, 0.15) is 49.7 Å². The fraction of sp³-hybridized carbons (Fsp3) is 0.500. The average Bonchev–Trinajstić information content (AvgIpc) is 3.48. The van der Waals surface area contributed by atoms with Crippen LogP contribution in [0.5, 0.6) is 11.5 Å². The van der Waals surface area contributed by atoms with Crippen molar-refractivity contribution in [1.82, 2.24) is 15.1 Å². The number of nitrogens with zero attached hydrogens (tertiary/aromatic N) is 2. The van der Waals surface area contributed by atoms with Crippen molar-refractivity contribution in [3.8, 4) is 11.5 Å². The summed E-state index contributed by atoms with van der Waals surface area (Å²) in [6.07, 6.45) is 5.68. The lowest BCUT2D eigenvalue weighted by molar-refractivity contribution is -0.135. The second-order valence-electron chi connectivity index (χ2n) is 10.4. The number of rotatable bonds is 7. The molecule has 3 fully saturated rings. The van der Waals surface area contributed by atoms with E-state index in [4.69, 9.17) is 4.74 Å². The van der Waals surface area contributed by atoms with Gasteiger partial charge in [0.1, 0.15) is 11.4 Å². The van der Waals surface area contributed by atoms with Gasteiger partial charge in [-0.3, -0.25) is 14.6 Å². The van der Waals surface area contributed by atoms with Crippen molar-refractivity contribution in [3.63, 3.8) is 0 Å². The molecule has 1 atom stereocenters. The van der Waals surface area contributed by atoms with E-state index in [0.717, 1.165) is 62.7 Å². The van der Waals surface area contributed by atoms with Gasteiger partial charge in [-0.15, -0.1) is 0 Å². The molecule has 3 aliphatic rings. The van der Waals surface area contributed by atoms with Crippen LogP contribution < -0.4 is 10.1 Å². The van der Waals surface area contributed by atoms with Crippen LogP contribution >= 0.6 is 0 Å². The van der Waals surface area contributed by atoms with E-state index in [0.29, 0.717) is 18.7 Å². The van der Waals surface area contributed by atoms with Gasteiger partial charge in [-0.2, -0.15) is 0 Å². The molecule has 192 valence electrons. The van der Waals surface area contributed by atoms with Gasteiger partial charge in [-0.25, -0.2) is 9.18 Å². The van der Waals surface area contributed by atoms with Crippen molar-refractivity contribution >= 4 is 11.9 Å². The van der Waals surface area contributed by atoms with Gasteiger partial charge in [-0.05, 0) is 80.1 Å². The summed E-state index contributed by atoms with van der Waals surface area (Å²) in [5.74, 6) is 0.111. The molecule has 36 heavy (non-hydrogen) atoms. The van der Waals surface area contributed by atoms with Gasteiger partial charge in [0, 0.05) is 19.0 Å². The maximum Gasteiger partial charge on any atom is 0.325 e. The summed E-state index contributed by atoms with van der Waals surface area (Å²) in [6, 6.07) is 11.3. The highest BCUT2D eigenvalue weighted by molar-refractivity contribution is 6.07. The number of phenols is 1. The Balaban J connectivity index is 1.34. The lowest BCUT2D eigenvalue weighted by Crippen LogP contribution is -2.57. The van der Waals surface area contributed by atoms with Crippen molar-refractivity contribution in [2.45, 2.75) is 63.1 Å². The van der Waals surface area contributed by atoms with Crippen LogP contribution in [-0.2, 0) is 17.8 Å². The van der Waals surface area contributed by atoms with E-state index in [1.54, 1.807) is 18.2 Å². The molecule has 5 rings (SSSR count). The third-order valence-electron chi connectivity index (χ3n) is 8.17. The van der Waals surface area contributed by atoms with Crippen molar-refractivity contribution in [2.75, 3.05) is 20.2 Å². The SMILES string of the molecule is COc1cc(CN2CCC(C3(Cc4ccc(F)cc4)NC(=O)N(C4CCCC4)C3=O)CC2)ccc1O. The van der Waals surface area contributed by atoms with Crippen LogP contribution in [0.3, 0.4) is 0 Å². The van der Waals surface area contributed by atoms with Gasteiger partial charge in [0.25, 0.3) is 5.91 Å². The predicted octanol–water partition coefficient (Wildman–Crippen LogP) is 4.23. The highest BCUT2D eigenvalue weighted by Crippen LogP contribution is 2.39. The fourth-order valence-corrected chi connectivity index (χ4v) is 6.23. The minimum Gasteiger partial charge on any atom is -0.504 e. The maximum absolute atomic E-state index is 14.0. The van der Waals surface area contributed by atoms with Gasteiger partial charge in [-0.1, -0.05) is 31.0 Å². The fourth-order valence-electron chi connectivity index (χ4n) is 6.23. The molecular formula is C28H34FN3O4. The highest BCUT2D eigenvalue weighted by atomic mass is 19.1. The highest BCUT2D eigenvalue weighted by Gasteiger charge is 2.57. The van der Waals surface area contributed by atoms with Crippen molar-refractivity contribution in [2.24, 2.45) is 5.92 Å². The molecule has 0 bridgehead atoms. The first-order chi connectivity index (χ1) is 17.4. The molecular weight excluding hydrogens is 461 g/mol. The summed E-state index contributed by atoms with van der Waals surface area (Å²) >= 11 is 0. The first-order valence-corrected chi connectivity index (χ1v) is 12.9. The average molecular weight is 496 g/mol. The molecule has 3 amide bonds. The number of piperidine rings is 1. The van der Waals surface area contributed by atoms with Crippen LogP contribution in [0, 0.1) is 11.7 Å². The summed E-state index contributed by atoms with van der Waals surface area (Å²) in [6.45, 7) is 2.28. The van der Waals surface area contributed by atoms with Crippen LogP contribution in [0.4, 0.5) is 9.18 Å². The molecule has 7 nitrogen and oxygen atoms in total. The second kappa shape index (κ2) is 10.1. The molecule has 0 radical (unpaired) electrons. The number of amides is 3. The van der Waals surface area contributed by atoms with E-state index >= 15 is 0 Å². The number of hydrogen-bond donors (Lipinski definition) is 2. The van der Waals surface area contributed by atoms with Crippen molar-refractivity contribution < 1.29 is 23.8 Å². The number of halogens is 1. The number of carbonyl (C=O) groups is 2. The molecule has 1 aliphatic carbocycles. The molecule has 2 aliphatic heterocycles. The molecule has 2 saturated heterocycles. The van der Waals surface area contributed by atoms with Gasteiger partial charge in [0.2, 0.25) is 0 Å². The molecule has 2 aromatic rings. The second-order valence-corrected chi connectivity index (χ2v) is 10.4. The van der Waals surface area contributed by atoms with Crippen LogP contribution in [0.15, 0.2) is 42.5 Å². The lowest BCUT2D eigenvalue weighted by atomic mass is 9.73. The van der Waals surface area contributed by atoms with E-state index in [-0.39, 0.29) is 35.5 Å². The quantitative estimate of drug-likeness (QED) is 0.562. The van der Waals surface area contributed by atoms with Gasteiger partial charge >= 0.3 is 6.03 Å². The topological polar surface area (TPSA) is 82.1 Å². The van der Waals surface area contributed by atoms with E-state index in [2.05, 4.69) is 10.2 Å². The summed E-state index contributed by atoms with van der Waals surface area (Å²) in [7, 11) is 1.53. The lowest BCUT2D eigenvalue weighted by Gasteiger charge is -2.41. The number of likely N-dealkylation sites (tertiary alicyclic amines) is 1. The Kier molecular flexibility index (Phi) is 6.88. The maximum atomic E-state index is 14.0. The first-order valence-electron chi connectivity index (χ1n) is 12.9. The van der Waals surface area contributed by atoms with E-state index < -0.39 is 5.54 Å². The van der Waals surface area contributed by atoms with Gasteiger partial charge in [0.05, 0.1) is 7.11 Å². The van der Waals surface area contributed by atoms with Gasteiger partial charge in [0.15, 0.2) is 11.5 Å². The van der Waals surface area contributed by atoms with E-state index in [9.17, 15) is 19.1 Å². The Labute approximate surface area is 211 Å². The summed E-state index contributed by atoms with van der Waals surface area (Å²) in [5.41, 5.74) is 0.879. The van der Waals surface area contributed by atoms with Crippen molar-refractivity contribution in [3.05, 3.63) is 59.4 Å². The zero-order valence-corrected chi connectivity index (χ0v) is 20.7. The number of phenolic OH excluding ortho intramolecular Hbond substituents is 1. The minimum absolute atomic E-state index is 0.0176. The zero-order chi connectivity index (χ0) is 25.3. The number of carbonyl (C=O) groups excluding carboxylic acids is 2. The Bertz CT molecular complexity index is 1110. The molecule has 2 heterocycles. The summed E-state index contributed by atoms with van der Waals surface area (Å²) < 4.78 is 18.8. The molecule has 1 saturated carbocycles. The predicted molar refractivity (Wildman–Crippen MR) is 133 cm³/mol. The molecule has 2 aromatic carbocycles. The standard InChI is InChI=1S/C28H34FN3O4/c1-36-25-16-20(8-11-24(25)33)18-31-14-12-21(13-15-31)28(17-19-6-9-22(29)10-7-19)26(34)32(27(35)30-28)23-4-2-3-5-23/h6-11,16,21,23,33H,2-5,12-15,17-18H2,1H3,(H,30,35). The van der Waals surface area contributed by atoms with Crippen LogP contribution in [0.25, 0.3) is 0 Å². The number of benzene rings is 2. The number of nitrogens with one attached hydrogen (secondary N) is 1. The number of ether oxygens (including phenoxy) is 1. The number of urea groups is 1. The molecule has 1 unspecified atom stereocenters. The number of imide groups is 1. The zero-order valence-electron chi connectivity index (χ0n) is 20.7. The van der Waals surface area contributed by atoms with Crippen LogP contribution in [0.2, 0.25) is 0 Å². The van der Waals surface area contributed by atoms with Crippen LogP contribution in [-0.4, -0.2) is 58.6 Å². The minimum atomic E-state index is -1.01. The van der Waals surface area contributed by atoms with Gasteiger partial charge < -0.3 is 15.2 Å². The summed E-state index contributed by atoms with van der Waals surface area (Å²) in [5, 5.41) is 13.0. The monoisotopic (exact) mass is 495 g/mol. The van der Waals surface area contributed by atoms with E-state index in [1.165, 1.54) is 24.1 Å². The normalized spacial score (nSPS) is 23.9. The Morgan fingerprint density at radius 3 is 2.36 bits per heavy atom. The summed E-state index contributed by atoms with van der Waals surface area (Å²) in [4.78, 5) is 31.0. The number of methoxy groups -OCH3 is 1. The Hall–Kier alpha value is -3.13. The molecule has 2 N–H and O–H groups in total. The van der Waals surface area contributed by atoms with E-state index in [1.807, 2.05) is 12.1 Å². The molecule has 0 aromatic heterocycles. The molecule has 0 spiro atoms. The third kappa shape index (κ3) is 4.66. The first kappa shape index (κ1) is 24.6. The largest absolute Gasteiger partial charge is 0.504 e.